The molecule has 1 atom stereocenters. The van der Waals surface area contributed by atoms with Crippen LogP contribution in [0.4, 0.5) is 0 Å². The van der Waals surface area contributed by atoms with Gasteiger partial charge in [0.15, 0.2) is 5.82 Å². The van der Waals surface area contributed by atoms with Gasteiger partial charge < -0.3 is 14.4 Å². The van der Waals surface area contributed by atoms with Gasteiger partial charge in [-0.25, -0.2) is 9.67 Å². The van der Waals surface area contributed by atoms with Gasteiger partial charge in [0.2, 0.25) is 5.91 Å². The minimum atomic E-state index is 0.152. The highest BCUT2D eigenvalue weighted by Crippen LogP contribution is 2.29. The molecule has 1 aliphatic rings. The van der Waals surface area contributed by atoms with Gasteiger partial charge >= 0.3 is 0 Å². The molecule has 1 aromatic heterocycles. The van der Waals surface area contributed by atoms with Crippen LogP contribution in [0.15, 0.2) is 24.3 Å². The van der Waals surface area contributed by atoms with E-state index in [0.717, 1.165) is 49.7 Å². The minimum Gasteiger partial charge on any atom is -0.497 e. The molecule has 7 nitrogen and oxygen atoms in total. The molecule has 1 saturated heterocycles. The normalized spacial score (nSPS) is 17.5. The smallest absolute Gasteiger partial charge is 0.219 e. The van der Waals surface area contributed by atoms with Crippen LogP contribution in [0, 0.1) is 0 Å². The van der Waals surface area contributed by atoms with E-state index in [9.17, 15) is 4.79 Å². The Morgan fingerprint density at radius 2 is 1.89 bits per heavy atom. The fourth-order valence-corrected chi connectivity index (χ4v) is 3.59. The molecule has 0 saturated carbocycles. The van der Waals surface area contributed by atoms with Crippen molar-refractivity contribution in [3.8, 4) is 11.5 Å². The second kappa shape index (κ2) is 9.08. The van der Waals surface area contributed by atoms with Crippen molar-refractivity contribution in [2.75, 3.05) is 20.2 Å². The van der Waals surface area contributed by atoms with E-state index >= 15 is 0 Å². The predicted octanol–water partition coefficient (Wildman–Crippen LogP) is 3.56. The van der Waals surface area contributed by atoms with E-state index in [-0.39, 0.29) is 11.9 Å². The van der Waals surface area contributed by atoms with Crippen LogP contribution in [0.2, 0.25) is 0 Å². The molecule has 1 aromatic carbocycles. The molecule has 28 heavy (non-hydrogen) atoms. The lowest BCUT2D eigenvalue weighted by Gasteiger charge is -2.19. The summed E-state index contributed by atoms with van der Waals surface area (Å²) in [4.78, 5) is 18.5. The maximum absolute atomic E-state index is 11.7. The Morgan fingerprint density at radius 3 is 2.54 bits per heavy atom. The average Bonchev–Trinajstić information content (AvgIpc) is 2.96. The van der Waals surface area contributed by atoms with Crippen molar-refractivity contribution in [3.05, 3.63) is 35.9 Å². The first-order chi connectivity index (χ1) is 13.5. The number of rotatable bonds is 6. The molecule has 0 bridgehead atoms. The second-order valence-electron chi connectivity index (χ2n) is 7.52. The highest BCUT2D eigenvalue weighted by Gasteiger charge is 2.25. The summed E-state index contributed by atoms with van der Waals surface area (Å²) in [5.74, 6) is 3.72. The van der Waals surface area contributed by atoms with Crippen molar-refractivity contribution in [3.63, 3.8) is 0 Å². The number of hydrogen-bond acceptors (Lipinski definition) is 5. The van der Waals surface area contributed by atoms with Crippen molar-refractivity contribution in [1.29, 1.82) is 0 Å². The standard InChI is InChI=1S/C21H30N4O3/c1-15(2)25-21(17-6-5-12-24(13-11-17)16(3)26)22-20(23-25)14-28-19-9-7-18(27-4)8-10-19/h7-10,15,17H,5-6,11-14H2,1-4H3. The van der Waals surface area contributed by atoms with Crippen LogP contribution in [0.1, 0.15) is 63.6 Å². The Morgan fingerprint density at radius 1 is 1.18 bits per heavy atom. The minimum absolute atomic E-state index is 0.152. The molecule has 2 aromatic rings. The van der Waals surface area contributed by atoms with Crippen LogP contribution in [0.3, 0.4) is 0 Å². The number of hydrogen-bond donors (Lipinski definition) is 0. The van der Waals surface area contributed by atoms with Gasteiger partial charge in [-0.2, -0.15) is 5.10 Å². The van der Waals surface area contributed by atoms with E-state index in [2.05, 4.69) is 13.8 Å². The van der Waals surface area contributed by atoms with E-state index in [1.807, 2.05) is 33.8 Å². The Kier molecular flexibility index (Phi) is 6.54. The van der Waals surface area contributed by atoms with Crippen LogP contribution < -0.4 is 9.47 Å². The summed E-state index contributed by atoms with van der Waals surface area (Å²) in [5.41, 5.74) is 0. The number of carbonyl (C=O) groups is 1. The Bertz CT molecular complexity index is 785. The summed E-state index contributed by atoms with van der Waals surface area (Å²) in [6.45, 7) is 7.81. The fourth-order valence-electron chi connectivity index (χ4n) is 3.59. The zero-order valence-electron chi connectivity index (χ0n) is 17.2. The lowest BCUT2D eigenvalue weighted by molar-refractivity contribution is -0.128. The highest BCUT2D eigenvalue weighted by atomic mass is 16.5. The summed E-state index contributed by atoms with van der Waals surface area (Å²) < 4.78 is 13.0. The maximum atomic E-state index is 11.7. The molecule has 0 radical (unpaired) electrons. The van der Waals surface area contributed by atoms with E-state index in [1.165, 1.54) is 0 Å². The lowest BCUT2D eigenvalue weighted by atomic mass is 9.99. The molecule has 3 rings (SSSR count). The number of amides is 1. The maximum Gasteiger partial charge on any atom is 0.219 e. The van der Waals surface area contributed by atoms with Gasteiger partial charge in [-0.1, -0.05) is 0 Å². The first kappa shape index (κ1) is 20.2. The van der Waals surface area contributed by atoms with Gasteiger partial charge in [0.1, 0.15) is 23.9 Å². The molecule has 0 aliphatic carbocycles. The number of methoxy groups -OCH3 is 1. The Hall–Kier alpha value is -2.57. The first-order valence-corrected chi connectivity index (χ1v) is 9.95. The molecule has 0 spiro atoms. The lowest BCUT2D eigenvalue weighted by Crippen LogP contribution is -2.29. The van der Waals surface area contributed by atoms with Crippen LogP contribution in [0.25, 0.3) is 0 Å². The number of likely N-dealkylation sites (tertiary alicyclic amines) is 1. The van der Waals surface area contributed by atoms with Crippen molar-refractivity contribution in [2.45, 2.75) is 58.6 Å². The summed E-state index contributed by atoms with van der Waals surface area (Å²) >= 11 is 0. The molecule has 1 aliphatic heterocycles. The Balaban J connectivity index is 1.71. The highest BCUT2D eigenvalue weighted by molar-refractivity contribution is 5.73. The third-order valence-electron chi connectivity index (χ3n) is 5.16. The monoisotopic (exact) mass is 386 g/mol. The topological polar surface area (TPSA) is 69.5 Å². The van der Waals surface area contributed by atoms with Gasteiger partial charge in [0.25, 0.3) is 0 Å². The van der Waals surface area contributed by atoms with Crippen LogP contribution >= 0.6 is 0 Å². The van der Waals surface area contributed by atoms with E-state index in [4.69, 9.17) is 19.6 Å². The van der Waals surface area contributed by atoms with Crippen molar-refractivity contribution in [2.24, 2.45) is 0 Å². The largest absolute Gasteiger partial charge is 0.497 e. The summed E-state index contributed by atoms with van der Waals surface area (Å²) in [5, 5.41) is 4.69. The summed E-state index contributed by atoms with van der Waals surface area (Å²) in [7, 11) is 1.64. The number of aromatic nitrogens is 3. The van der Waals surface area contributed by atoms with E-state index < -0.39 is 0 Å². The molecule has 1 unspecified atom stereocenters. The summed E-state index contributed by atoms with van der Waals surface area (Å²) in [6.07, 6.45) is 2.94. The van der Waals surface area contributed by atoms with Crippen molar-refractivity contribution < 1.29 is 14.3 Å². The fraction of sp³-hybridized carbons (Fsp3) is 0.571. The third kappa shape index (κ3) is 4.82. The number of ether oxygens (including phenoxy) is 2. The van der Waals surface area contributed by atoms with Gasteiger partial charge in [-0.15, -0.1) is 0 Å². The van der Waals surface area contributed by atoms with E-state index in [0.29, 0.717) is 18.3 Å². The molecular weight excluding hydrogens is 356 g/mol. The number of nitrogens with zero attached hydrogens (tertiary/aromatic N) is 4. The molecule has 7 heteroatoms. The van der Waals surface area contributed by atoms with Gasteiger partial charge in [0.05, 0.1) is 7.11 Å². The quantitative estimate of drug-likeness (QED) is 0.759. The molecule has 152 valence electrons. The van der Waals surface area contributed by atoms with Crippen molar-refractivity contribution >= 4 is 5.91 Å². The molecule has 1 amide bonds. The molecule has 0 N–H and O–H groups in total. The van der Waals surface area contributed by atoms with Gasteiger partial charge in [0, 0.05) is 32.0 Å². The van der Waals surface area contributed by atoms with Gasteiger partial charge in [-0.3, -0.25) is 4.79 Å². The predicted molar refractivity (Wildman–Crippen MR) is 107 cm³/mol. The van der Waals surface area contributed by atoms with Gasteiger partial charge in [-0.05, 0) is 57.4 Å². The van der Waals surface area contributed by atoms with Crippen LogP contribution in [0.5, 0.6) is 11.5 Å². The zero-order valence-corrected chi connectivity index (χ0v) is 17.2. The second-order valence-corrected chi connectivity index (χ2v) is 7.52. The first-order valence-electron chi connectivity index (χ1n) is 9.95. The zero-order chi connectivity index (χ0) is 20.1. The summed E-state index contributed by atoms with van der Waals surface area (Å²) in [6, 6.07) is 7.71. The SMILES string of the molecule is COc1ccc(OCc2nc(C3CCCN(C(C)=O)CC3)n(C(C)C)n2)cc1. The average molecular weight is 386 g/mol. The molecule has 2 heterocycles. The number of benzene rings is 1. The van der Waals surface area contributed by atoms with Crippen molar-refractivity contribution in [1.82, 2.24) is 19.7 Å². The van der Waals surface area contributed by atoms with Crippen LogP contribution in [-0.4, -0.2) is 45.8 Å². The van der Waals surface area contributed by atoms with Crippen LogP contribution in [-0.2, 0) is 11.4 Å². The molecular formula is C21H30N4O3. The Labute approximate surface area is 166 Å². The van der Waals surface area contributed by atoms with E-state index in [1.54, 1.807) is 14.0 Å². The number of carbonyl (C=O) groups excluding carboxylic acids is 1. The molecule has 1 fully saturated rings. The third-order valence-corrected chi connectivity index (χ3v) is 5.16.